The molecule has 1 heterocycles. The molecule has 6 nitrogen and oxygen atoms in total. The Morgan fingerprint density at radius 1 is 0.963 bits per heavy atom. The minimum Gasteiger partial charge on any atom is -0.382 e. The quantitative estimate of drug-likeness (QED) is 0.536. The normalized spacial score (nSPS) is 15.5. The summed E-state index contributed by atoms with van der Waals surface area (Å²) in [6, 6.07) is 16.2. The zero-order valence-corrected chi connectivity index (χ0v) is 16.2. The van der Waals surface area contributed by atoms with Crippen LogP contribution in [0.1, 0.15) is 17.3 Å². The number of rotatable bonds is 7. The lowest BCUT2D eigenvalue weighted by molar-refractivity contribution is 0.101. The second kappa shape index (κ2) is 8.54. The summed E-state index contributed by atoms with van der Waals surface area (Å²) in [4.78, 5) is 15.7. The van der Waals surface area contributed by atoms with E-state index in [9.17, 15) is 13.2 Å². The molecule has 0 amide bonds. The van der Waals surface area contributed by atoms with E-state index in [1.54, 1.807) is 31.2 Å². The van der Waals surface area contributed by atoms with Crippen LogP contribution in [0, 0.1) is 0 Å². The van der Waals surface area contributed by atoms with Crippen LogP contribution in [0.25, 0.3) is 0 Å². The number of nitrogens with zero attached hydrogens (tertiary/aromatic N) is 2. The zero-order chi connectivity index (χ0) is 19.3. The van der Waals surface area contributed by atoms with Crippen LogP contribution in [0.2, 0.25) is 0 Å². The monoisotopic (exact) mass is 388 g/mol. The molecule has 7 heteroatoms. The average molecular weight is 388 g/mol. The molecule has 0 aromatic heterocycles. The molecule has 27 heavy (non-hydrogen) atoms. The van der Waals surface area contributed by atoms with E-state index < -0.39 is 10.1 Å². The number of Topliss-reactive ketones (excluding diaryl/α,β-unsaturated/α-hetero) is 1. The highest BCUT2D eigenvalue weighted by Gasteiger charge is 2.20. The summed E-state index contributed by atoms with van der Waals surface area (Å²) in [6.07, 6.45) is 0. The number of piperazine rings is 1. The van der Waals surface area contributed by atoms with Crippen LogP contribution in [-0.2, 0) is 10.1 Å². The van der Waals surface area contributed by atoms with Gasteiger partial charge < -0.3 is 9.08 Å². The summed E-state index contributed by atoms with van der Waals surface area (Å²) in [5, 5.41) is 0. The first kappa shape index (κ1) is 19.4. The van der Waals surface area contributed by atoms with Crippen molar-refractivity contribution in [3.05, 3.63) is 60.2 Å². The molecule has 1 saturated heterocycles. The minimum atomic E-state index is -3.60. The van der Waals surface area contributed by atoms with Gasteiger partial charge in [-0.05, 0) is 43.3 Å². The molecule has 0 atom stereocenters. The van der Waals surface area contributed by atoms with Crippen LogP contribution >= 0.6 is 0 Å². The Morgan fingerprint density at radius 3 is 2.19 bits per heavy atom. The van der Waals surface area contributed by atoms with Crippen molar-refractivity contribution in [1.82, 2.24) is 4.90 Å². The Kier molecular flexibility index (Phi) is 6.13. The van der Waals surface area contributed by atoms with E-state index in [-0.39, 0.29) is 11.5 Å². The van der Waals surface area contributed by atoms with Crippen LogP contribution < -0.4 is 9.08 Å². The zero-order valence-electron chi connectivity index (χ0n) is 15.4. The molecule has 0 unspecified atom stereocenters. The van der Waals surface area contributed by atoms with Crippen LogP contribution in [0.5, 0.6) is 5.75 Å². The Hall–Kier alpha value is -2.38. The van der Waals surface area contributed by atoms with E-state index >= 15 is 0 Å². The smallest absolute Gasteiger partial charge is 0.310 e. The van der Waals surface area contributed by atoms with Crippen LogP contribution in [-0.4, -0.2) is 57.6 Å². The van der Waals surface area contributed by atoms with Gasteiger partial charge in [-0.15, -0.1) is 0 Å². The molecule has 0 spiro atoms. The van der Waals surface area contributed by atoms with Gasteiger partial charge in [-0.3, -0.25) is 9.69 Å². The summed E-state index contributed by atoms with van der Waals surface area (Å²) >= 11 is 0. The fourth-order valence-corrected chi connectivity index (χ4v) is 4.01. The third-order valence-corrected chi connectivity index (χ3v) is 5.76. The predicted octanol–water partition coefficient (Wildman–Crippen LogP) is 2.42. The average Bonchev–Trinajstić information content (AvgIpc) is 2.67. The van der Waals surface area contributed by atoms with Crippen LogP contribution in [0.4, 0.5) is 5.69 Å². The van der Waals surface area contributed by atoms with Gasteiger partial charge in [-0.25, -0.2) is 0 Å². The number of carbonyl (C=O) groups excluding carboxylic acids is 1. The Morgan fingerprint density at radius 2 is 1.59 bits per heavy atom. The summed E-state index contributed by atoms with van der Waals surface area (Å²) < 4.78 is 29.4. The van der Waals surface area contributed by atoms with Gasteiger partial charge in [0.2, 0.25) is 0 Å². The molecule has 1 fully saturated rings. The molecule has 2 aromatic carbocycles. The Labute approximate surface area is 160 Å². The molecule has 1 aliphatic heterocycles. The van der Waals surface area contributed by atoms with E-state index in [1.165, 1.54) is 0 Å². The Balaban J connectivity index is 1.47. The molecule has 0 saturated carbocycles. The summed E-state index contributed by atoms with van der Waals surface area (Å²) in [6.45, 7) is 5.22. The highest BCUT2D eigenvalue weighted by molar-refractivity contribution is 7.87. The fraction of sp³-hybridized carbons (Fsp3) is 0.350. The molecular formula is C20H24N2O4S. The fourth-order valence-electron chi connectivity index (χ4n) is 3.04. The number of para-hydroxylation sites is 1. The second-order valence-electron chi connectivity index (χ2n) is 6.59. The Bertz CT molecular complexity index is 859. The van der Waals surface area contributed by atoms with Crippen molar-refractivity contribution < 1.29 is 17.4 Å². The van der Waals surface area contributed by atoms with Gasteiger partial charge in [0.05, 0.1) is 5.75 Å². The first-order valence-corrected chi connectivity index (χ1v) is 10.6. The molecule has 0 bridgehead atoms. The molecular weight excluding hydrogens is 364 g/mol. The van der Waals surface area contributed by atoms with Gasteiger partial charge in [0.25, 0.3) is 0 Å². The number of hydrogen-bond donors (Lipinski definition) is 0. The van der Waals surface area contributed by atoms with E-state index in [0.717, 1.165) is 31.9 Å². The van der Waals surface area contributed by atoms with Crippen molar-refractivity contribution in [2.24, 2.45) is 0 Å². The van der Waals surface area contributed by atoms with Gasteiger partial charge in [0.15, 0.2) is 5.78 Å². The highest BCUT2D eigenvalue weighted by Crippen LogP contribution is 2.18. The summed E-state index contributed by atoms with van der Waals surface area (Å²) in [5.74, 6) is 0.372. The number of anilines is 1. The number of ketones is 1. The third kappa shape index (κ3) is 5.55. The first-order chi connectivity index (χ1) is 12.9. The van der Waals surface area contributed by atoms with Crippen molar-refractivity contribution in [3.8, 4) is 5.75 Å². The van der Waals surface area contributed by atoms with Crippen molar-refractivity contribution >= 4 is 21.6 Å². The largest absolute Gasteiger partial charge is 0.382 e. The standard InChI is InChI=1S/C20H24N2O4S/c1-17(23)18-7-9-19(10-8-18)22-13-11-21(12-14-22)15-16-27(24,25)26-20-5-3-2-4-6-20/h2-10H,11-16H2,1H3. The lowest BCUT2D eigenvalue weighted by Gasteiger charge is -2.36. The van der Waals surface area contributed by atoms with Gasteiger partial charge in [0, 0.05) is 44.0 Å². The SMILES string of the molecule is CC(=O)c1ccc(N2CCN(CCS(=O)(=O)Oc3ccccc3)CC2)cc1. The van der Waals surface area contributed by atoms with Gasteiger partial charge in [-0.1, -0.05) is 18.2 Å². The van der Waals surface area contributed by atoms with Gasteiger partial charge in [0.1, 0.15) is 5.75 Å². The van der Waals surface area contributed by atoms with E-state index in [2.05, 4.69) is 9.80 Å². The number of hydrogen-bond acceptors (Lipinski definition) is 6. The highest BCUT2D eigenvalue weighted by atomic mass is 32.2. The van der Waals surface area contributed by atoms with Crippen molar-refractivity contribution in [2.75, 3.05) is 43.4 Å². The molecule has 3 rings (SSSR count). The van der Waals surface area contributed by atoms with Crippen LogP contribution in [0.15, 0.2) is 54.6 Å². The molecule has 1 aliphatic rings. The summed E-state index contributed by atoms with van der Waals surface area (Å²) in [7, 11) is -3.60. The first-order valence-electron chi connectivity index (χ1n) is 8.98. The number of benzene rings is 2. The van der Waals surface area contributed by atoms with Gasteiger partial charge in [-0.2, -0.15) is 8.42 Å². The molecule has 2 aromatic rings. The molecule has 0 N–H and O–H groups in total. The third-order valence-electron chi connectivity index (χ3n) is 4.64. The second-order valence-corrected chi connectivity index (χ2v) is 8.28. The maximum Gasteiger partial charge on any atom is 0.310 e. The number of carbonyl (C=O) groups is 1. The predicted molar refractivity (Wildman–Crippen MR) is 106 cm³/mol. The van der Waals surface area contributed by atoms with E-state index in [0.29, 0.717) is 17.9 Å². The van der Waals surface area contributed by atoms with Crippen molar-refractivity contribution in [3.63, 3.8) is 0 Å². The maximum absolute atomic E-state index is 12.1. The van der Waals surface area contributed by atoms with Gasteiger partial charge >= 0.3 is 10.1 Å². The molecule has 0 radical (unpaired) electrons. The van der Waals surface area contributed by atoms with Crippen molar-refractivity contribution in [2.45, 2.75) is 6.92 Å². The lowest BCUT2D eigenvalue weighted by Crippen LogP contribution is -2.47. The minimum absolute atomic E-state index is 0.0325. The lowest BCUT2D eigenvalue weighted by atomic mass is 10.1. The summed E-state index contributed by atoms with van der Waals surface area (Å²) in [5.41, 5.74) is 1.79. The van der Waals surface area contributed by atoms with E-state index in [1.807, 2.05) is 30.3 Å². The van der Waals surface area contributed by atoms with Crippen molar-refractivity contribution in [1.29, 1.82) is 0 Å². The maximum atomic E-state index is 12.1. The molecule has 0 aliphatic carbocycles. The van der Waals surface area contributed by atoms with Crippen LogP contribution in [0.3, 0.4) is 0 Å². The topological polar surface area (TPSA) is 66.9 Å². The molecule has 144 valence electrons. The van der Waals surface area contributed by atoms with E-state index in [4.69, 9.17) is 4.18 Å².